The lowest BCUT2D eigenvalue weighted by molar-refractivity contribution is -0.156. The Morgan fingerprint density at radius 1 is 1.37 bits per heavy atom. The molecule has 2 aliphatic rings. The number of carbonyl (C=O) groups excluding carboxylic acids is 2. The van der Waals surface area contributed by atoms with E-state index in [1.165, 1.54) is 14.0 Å². The molecular formula is C23H28O7. The van der Waals surface area contributed by atoms with Crippen LogP contribution in [0.5, 0.6) is 17.2 Å². The second kappa shape index (κ2) is 8.92. The van der Waals surface area contributed by atoms with Crippen LogP contribution in [0.3, 0.4) is 0 Å². The zero-order chi connectivity index (χ0) is 21.9. The molecule has 0 saturated carbocycles. The topological polar surface area (TPSA) is 80.3 Å². The van der Waals surface area contributed by atoms with Crippen LogP contribution in [0.1, 0.15) is 38.4 Å². The zero-order valence-electron chi connectivity index (χ0n) is 17.8. The molecule has 0 amide bonds. The Labute approximate surface area is 176 Å². The third-order valence-corrected chi connectivity index (χ3v) is 5.96. The van der Waals surface area contributed by atoms with E-state index in [2.05, 4.69) is 6.58 Å². The molecule has 7 heteroatoms. The van der Waals surface area contributed by atoms with Crippen molar-refractivity contribution >= 4 is 11.8 Å². The summed E-state index contributed by atoms with van der Waals surface area (Å²) in [6.45, 7) is 7.21. The Balaban J connectivity index is 2.08. The summed E-state index contributed by atoms with van der Waals surface area (Å²) < 4.78 is 27.7. The van der Waals surface area contributed by atoms with Gasteiger partial charge in [-0.25, -0.2) is 0 Å². The van der Waals surface area contributed by atoms with E-state index in [0.717, 1.165) is 0 Å². The maximum absolute atomic E-state index is 13.1. The predicted octanol–water partition coefficient (Wildman–Crippen LogP) is 3.77. The van der Waals surface area contributed by atoms with Crippen LogP contribution in [-0.2, 0) is 19.1 Å². The molecule has 0 bridgehead atoms. The molecule has 0 aromatic heterocycles. The predicted molar refractivity (Wildman–Crippen MR) is 110 cm³/mol. The molecule has 0 saturated heterocycles. The van der Waals surface area contributed by atoms with Crippen molar-refractivity contribution in [2.45, 2.75) is 38.9 Å². The van der Waals surface area contributed by atoms with Crippen molar-refractivity contribution < 1.29 is 33.3 Å². The first-order valence-electron chi connectivity index (χ1n) is 9.87. The van der Waals surface area contributed by atoms with Crippen molar-refractivity contribution in [3.05, 3.63) is 42.5 Å². The molecule has 3 rings (SSSR count). The highest BCUT2D eigenvalue weighted by Crippen LogP contribution is 2.50. The van der Waals surface area contributed by atoms with Crippen LogP contribution < -0.4 is 14.2 Å². The highest BCUT2D eigenvalue weighted by molar-refractivity contribution is 5.96. The van der Waals surface area contributed by atoms with Gasteiger partial charge in [0.15, 0.2) is 17.3 Å². The Morgan fingerprint density at radius 3 is 2.77 bits per heavy atom. The summed E-state index contributed by atoms with van der Waals surface area (Å²) in [5.74, 6) is 0.641. The molecule has 4 atom stereocenters. The minimum Gasteiger partial charge on any atom is -0.493 e. The summed E-state index contributed by atoms with van der Waals surface area (Å²) in [4.78, 5) is 25.2. The molecule has 1 aromatic carbocycles. The molecule has 30 heavy (non-hydrogen) atoms. The van der Waals surface area contributed by atoms with Crippen LogP contribution in [0.2, 0.25) is 0 Å². The van der Waals surface area contributed by atoms with Crippen molar-refractivity contribution in [3.8, 4) is 17.2 Å². The van der Waals surface area contributed by atoms with E-state index in [1.54, 1.807) is 37.5 Å². The average molecular weight is 416 g/mol. The van der Waals surface area contributed by atoms with E-state index in [4.69, 9.17) is 23.7 Å². The van der Waals surface area contributed by atoms with Crippen LogP contribution >= 0.6 is 0 Å². The number of hydrogen-bond acceptors (Lipinski definition) is 7. The number of carbonyl (C=O) groups is 2. The molecule has 0 N–H and O–H groups in total. The standard InChI is InChI=1S/C23H28O7/c1-6-9-23(12-17(26-4)7-8-20(23)25)14(2)21(30-15(3)24)16-10-18(27-5)22-19(11-16)28-13-29-22/h6-8,10-11,14,17,21H,1,9,12-13H2,2-5H3. The first kappa shape index (κ1) is 21.9. The number of hydrogen-bond donors (Lipinski definition) is 0. The van der Waals surface area contributed by atoms with E-state index in [0.29, 0.717) is 35.7 Å². The molecule has 1 aliphatic carbocycles. The van der Waals surface area contributed by atoms with Gasteiger partial charge >= 0.3 is 5.97 Å². The second-order valence-corrected chi connectivity index (χ2v) is 7.63. The fourth-order valence-electron chi connectivity index (χ4n) is 4.33. The van der Waals surface area contributed by atoms with Gasteiger partial charge in [-0.05, 0) is 31.1 Å². The second-order valence-electron chi connectivity index (χ2n) is 7.63. The van der Waals surface area contributed by atoms with Gasteiger partial charge in [-0.3, -0.25) is 9.59 Å². The molecular weight excluding hydrogens is 388 g/mol. The smallest absolute Gasteiger partial charge is 0.303 e. The van der Waals surface area contributed by atoms with Crippen molar-refractivity contribution in [1.82, 2.24) is 0 Å². The van der Waals surface area contributed by atoms with Gasteiger partial charge in [0.25, 0.3) is 0 Å². The van der Waals surface area contributed by atoms with Crippen molar-refractivity contribution in [2.24, 2.45) is 11.3 Å². The van der Waals surface area contributed by atoms with Gasteiger partial charge < -0.3 is 23.7 Å². The lowest BCUT2D eigenvalue weighted by atomic mass is 9.62. The molecule has 1 aliphatic heterocycles. The quantitative estimate of drug-likeness (QED) is 0.471. The molecule has 0 radical (unpaired) electrons. The summed E-state index contributed by atoms with van der Waals surface area (Å²) >= 11 is 0. The van der Waals surface area contributed by atoms with Crippen molar-refractivity contribution in [2.75, 3.05) is 21.0 Å². The number of rotatable bonds is 8. The lowest BCUT2D eigenvalue weighted by Crippen LogP contribution is -2.45. The van der Waals surface area contributed by atoms with Crippen LogP contribution in [-0.4, -0.2) is 38.9 Å². The van der Waals surface area contributed by atoms with Gasteiger partial charge in [0.2, 0.25) is 12.5 Å². The average Bonchev–Trinajstić information content (AvgIpc) is 3.21. The molecule has 7 nitrogen and oxygen atoms in total. The molecule has 1 heterocycles. The summed E-state index contributed by atoms with van der Waals surface area (Å²) in [5.41, 5.74) is -0.167. The summed E-state index contributed by atoms with van der Waals surface area (Å²) in [7, 11) is 3.14. The summed E-state index contributed by atoms with van der Waals surface area (Å²) in [5, 5.41) is 0. The van der Waals surface area contributed by atoms with Gasteiger partial charge in [0.05, 0.1) is 13.2 Å². The van der Waals surface area contributed by atoms with E-state index in [-0.39, 0.29) is 24.6 Å². The van der Waals surface area contributed by atoms with Crippen LogP contribution in [0, 0.1) is 11.3 Å². The third-order valence-electron chi connectivity index (χ3n) is 5.96. The minimum absolute atomic E-state index is 0.0342. The number of fused-ring (bicyclic) bond motifs is 1. The van der Waals surface area contributed by atoms with Gasteiger partial charge in [0, 0.05) is 30.9 Å². The largest absolute Gasteiger partial charge is 0.493 e. The fourth-order valence-corrected chi connectivity index (χ4v) is 4.33. The third kappa shape index (κ3) is 3.94. The Hall–Kier alpha value is -2.80. The maximum atomic E-state index is 13.1. The monoisotopic (exact) mass is 416 g/mol. The number of benzene rings is 1. The van der Waals surface area contributed by atoms with E-state index >= 15 is 0 Å². The Morgan fingerprint density at radius 2 is 2.13 bits per heavy atom. The van der Waals surface area contributed by atoms with Gasteiger partial charge in [-0.1, -0.05) is 19.1 Å². The first-order chi connectivity index (χ1) is 14.4. The summed E-state index contributed by atoms with van der Waals surface area (Å²) in [6, 6.07) is 3.53. The summed E-state index contributed by atoms with van der Waals surface area (Å²) in [6.07, 6.45) is 5.02. The highest BCUT2D eigenvalue weighted by Gasteiger charge is 2.49. The Kier molecular flexibility index (Phi) is 6.51. The lowest BCUT2D eigenvalue weighted by Gasteiger charge is -2.43. The minimum atomic E-state index is -0.832. The number of methoxy groups -OCH3 is 2. The van der Waals surface area contributed by atoms with Crippen LogP contribution in [0.25, 0.3) is 0 Å². The molecule has 0 spiro atoms. The number of allylic oxidation sites excluding steroid dienone is 2. The SMILES string of the molecule is C=CCC1(C(C)C(OC(C)=O)c2cc(OC)c3c(c2)OCO3)CC(OC)C=CC1=O. The van der Waals surface area contributed by atoms with E-state index in [9.17, 15) is 9.59 Å². The molecule has 162 valence electrons. The van der Waals surface area contributed by atoms with E-state index in [1.807, 2.05) is 6.92 Å². The molecule has 1 aromatic rings. The van der Waals surface area contributed by atoms with Crippen molar-refractivity contribution in [1.29, 1.82) is 0 Å². The van der Waals surface area contributed by atoms with Gasteiger partial charge in [-0.2, -0.15) is 0 Å². The highest BCUT2D eigenvalue weighted by atomic mass is 16.7. The molecule has 4 unspecified atom stereocenters. The van der Waals surface area contributed by atoms with Crippen molar-refractivity contribution in [3.63, 3.8) is 0 Å². The first-order valence-corrected chi connectivity index (χ1v) is 9.87. The van der Waals surface area contributed by atoms with Crippen LogP contribution in [0.4, 0.5) is 0 Å². The normalized spacial score (nSPS) is 24.3. The van der Waals surface area contributed by atoms with Gasteiger partial charge in [0.1, 0.15) is 6.10 Å². The van der Waals surface area contributed by atoms with Gasteiger partial charge in [-0.15, -0.1) is 6.58 Å². The van der Waals surface area contributed by atoms with E-state index < -0.39 is 17.5 Å². The zero-order valence-corrected chi connectivity index (χ0v) is 17.8. The Bertz CT molecular complexity index is 859. The fraction of sp³-hybridized carbons (Fsp3) is 0.478. The number of ketones is 1. The number of esters is 1. The molecule has 0 fully saturated rings. The van der Waals surface area contributed by atoms with Crippen LogP contribution in [0.15, 0.2) is 36.9 Å². The number of ether oxygens (including phenoxy) is 5. The maximum Gasteiger partial charge on any atom is 0.303 e.